The Morgan fingerprint density at radius 2 is 0.574 bits per heavy atom. The van der Waals surface area contributed by atoms with E-state index in [1.54, 1.807) is 82.3 Å². The van der Waals surface area contributed by atoms with Gasteiger partial charge < -0.3 is 62.8 Å². The summed E-state index contributed by atoms with van der Waals surface area (Å²) in [6.07, 6.45) is 8.63. The maximum Gasteiger partial charge on any atom is 0.394 e. The van der Waals surface area contributed by atoms with E-state index < -0.39 is 0 Å². The van der Waals surface area contributed by atoms with E-state index in [1.165, 1.54) is 31.7 Å². The molecule has 0 fully saturated rings. The molecule has 1 atom stereocenters. The van der Waals surface area contributed by atoms with Crippen molar-refractivity contribution < 1.29 is 62.8 Å². The number of nitrogens with zero attached hydrogens (tertiary/aromatic N) is 11. The van der Waals surface area contributed by atoms with E-state index in [-0.39, 0.29) is 4.75 Å². The SMILES string of the molecule is CC(C)(C)Sc1nc2ccccc2o1.CC(C)CSc1nc2ccccc2o1.CC(C)Sc1nc2ccccc2o1.CCC(C)Sc1nc2ccccc2o1.CCCCSc1nc2ccccc2o1.CCCOc1nc2ccccc2o1.CCCSc1nc2ccccc2o1.CCOc1nc2ccccc2o1.CCSc1nc2ccccc2o1.COc1nc2ccccc2o1.CSc1nc2ccccc2o1. The molecule has 33 heteroatoms. The Balaban J connectivity index is 0.000000139. The number of thioether (sulfide) groups is 8. The number of aromatic nitrogens is 11. The van der Waals surface area contributed by atoms with E-state index in [2.05, 4.69) is 138 Å². The van der Waals surface area contributed by atoms with Crippen LogP contribution in [0.5, 0.6) is 18.2 Å². The third kappa shape index (κ3) is 35.2. The number of para-hydroxylation sites is 22. The Labute approximate surface area is 853 Å². The third-order valence-corrected chi connectivity index (χ3v) is 26.0. The van der Waals surface area contributed by atoms with Gasteiger partial charge in [-0.05, 0) is 184 Å². The van der Waals surface area contributed by atoms with Gasteiger partial charge in [0, 0.05) is 32.5 Å². The average molecular weight is 2050 g/mol. The van der Waals surface area contributed by atoms with Gasteiger partial charge >= 0.3 is 18.2 Å². The molecule has 0 amide bonds. The summed E-state index contributed by atoms with van der Waals surface area (Å²) in [7, 11) is 1.53. The molecule has 11 aromatic heterocycles. The van der Waals surface area contributed by atoms with Crippen LogP contribution in [0.4, 0.5) is 0 Å². The van der Waals surface area contributed by atoms with Gasteiger partial charge in [-0.3, -0.25) is 0 Å². The highest BCUT2D eigenvalue weighted by atomic mass is 32.2. The monoisotopic (exact) mass is 2050 g/mol. The first-order valence-corrected chi connectivity index (χ1v) is 54.2. The first kappa shape index (κ1) is 108. The summed E-state index contributed by atoms with van der Waals surface area (Å²) in [5.41, 5.74) is 19.3. The highest BCUT2D eigenvalue weighted by Crippen LogP contribution is 2.36. The molecule has 0 spiro atoms. The first-order valence-electron chi connectivity index (χ1n) is 46.4. The van der Waals surface area contributed by atoms with Gasteiger partial charge in [0.1, 0.15) is 60.7 Å². The minimum absolute atomic E-state index is 0.140. The summed E-state index contributed by atoms with van der Waals surface area (Å²) in [5, 5.41) is 7.19. The number of rotatable bonds is 25. The van der Waals surface area contributed by atoms with Crippen LogP contribution in [-0.4, -0.2) is 120 Å². The Bertz CT molecular complexity index is 6800. The van der Waals surface area contributed by atoms with Gasteiger partial charge in [-0.25, -0.2) is 39.9 Å². The molecule has 0 radical (unpaired) electrons. The smallest absolute Gasteiger partial charge is 0.394 e. The van der Waals surface area contributed by atoms with Gasteiger partial charge in [-0.15, -0.1) is 0 Å². The van der Waals surface area contributed by atoms with E-state index in [1.807, 2.05) is 287 Å². The Hall–Kier alpha value is -12.2. The van der Waals surface area contributed by atoms with E-state index in [0.717, 1.165) is 206 Å². The fourth-order valence-corrected chi connectivity index (χ4v) is 17.5. The molecule has 25 nitrogen and oxygen atoms in total. The van der Waals surface area contributed by atoms with Crippen LogP contribution in [0.1, 0.15) is 129 Å². The summed E-state index contributed by atoms with van der Waals surface area (Å²) in [5.74, 6) is 4.85. The molecule has 0 aliphatic carbocycles. The zero-order valence-corrected chi connectivity index (χ0v) is 88.3. The zero-order valence-electron chi connectivity index (χ0n) is 81.8. The predicted octanol–water partition coefficient (Wildman–Crippen LogP) is 33.6. The summed E-state index contributed by atoms with van der Waals surface area (Å²) in [6.45, 7) is 31.0. The van der Waals surface area contributed by atoms with E-state index >= 15 is 0 Å². The van der Waals surface area contributed by atoms with Gasteiger partial charge in [0.05, 0.1) is 20.3 Å². The zero-order chi connectivity index (χ0) is 99.5. The van der Waals surface area contributed by atoms with E-state index in [4.69, 9.17) is 62.8 Å². The molecule has 11 aromatic carbocycles. The minimum Gasteiger partial charge on any atom is -0.453 e. The highest BCUT2D eigenvalue weighted by molar-refractivity contribution is 8.01. The van der Waals surface area contributed by atoms with Crippen LogP contribution in [0.2, 0.25) is 0 Å². The molecule has 0 aliphatic rings. The number of fused-ring (bicyclic) bond motifs is 11. The van der Waals surface area contributed by atoms with Gasteiger partial charge in [-0.2, -0.15) is 15.0 Å². The van der Waals surface area contributed by atoms with Gasteiger partial charge in [-0.1, -0.05) is 324 Å². The lowest BCUT2D eigenvalue weighted by Gasteiger charge is -2.13. The lowest BCUT2D eigenvalue weighted by atomic mass is 10.3. The molecule has 0 bridgehead atoms. The summed E-state index contributed by atoms with van der Waals surface area (Å²) in [4.78, 5) is 47.1. The molecule has 0 aliphatic heterocycles. The van der Waals surface area contributed by atoms with Crippen LogP contribution in [0, 0.1) is 5.92 Å². The van der Waals surface area contributed by atoms with Crippen LogP contribution in [0.3, 0.4) is 0 Å². The van der Waals surface area contributed by atoms with E-state index in [9.17, 15) is 0 Å². The fraction of sp³-hybridized carbons (Fsp3) is 0.287. The summed E-state index contributed by atoms with van der Waals surface area (Å²) in [6, 6.07) is 85.4. The van der Waals surface area contributed by atoms with Crippen LogP contribution < -0.4 is 14.2 Å². The second kappa shape index (κ2) is 57.0. The molecule has 0 saturated carbocycles. The summed E-state index contributed by atoms with van der Waals surface area (Å²) < 4.78 is 75.3. The number of methoxy groups -OCH3 is 1. The molecule has 0 saturated heterocycles. The molecule has 11 heterocycles. The first-order chi connectivity index (χ1) is 68.6. The van der Waals surface area contributed by atoms with Crippen molar-refractivity contribution in [2.75, 3.05) is 49.6 Å². The van der Waals surface area contributed by atoms with Gasteiger partial charge in [0.25, 0.3) is 41.8 Å². The molecule has 141 heavy (non-hydrogen) atoms. The number of hydrogen-bond donors (Lipinski definition) is 0. The van der Waals surface area contributed by atoms with Crippen molar-refractivity contribution in [2.45, 2.75) is 186 Å². The van der Waals surface area contributed by atoms with Crippen LogP contribution in [0.25, 0.3) is 122 Å². The average Bonchev–Trinajstić information content (AvgIpc) is 1.68. The number of oxazole rings is 11. The van der Waals surface area contributed by atoms with Crippen LogP contribution >= 0.6 is 94.1 Å². The lowest BCUT2D eigenvalue weighted by Crippen LogP contribution is -2.06. The molecular weight excluding hydrogens is 1930 g/mol. The van der Waals surface area contributed by atoms with Gasteiger partial charge in [0.2, 0.25) is 0 Å². The maximum absolute atomic E-state index is 5.60. The number of benzene rings is 11. The molecule has 736 valence electrons. The van der Waals surface area contributed by atoms with Crippen LogP contribution in [0.15, 0.2) is 357 Å². The van der Waals surface area contributed by atoms with Crippen molar-refractivity contribution in [3.8, 4) is 18.2 Å². The van der Waals surface area contributed by atoms with E-state index in [0.29, 0.717) is 47.9 Å². The van der Waals surface area contributed by atoms with Crippen molar-refractivity contribution in [3.05, 3.63) is 267 Å². The lowest BCUT2D eigenvalue weighted by molar-refractivity contribution is 0.237. The normalized spacial score (nSPS) is 11.2. The van der Waals surface area contributed by atoms with Crippen molar-refractivity contribution in [3.63, 3.8) is 0 Å². The number of unbranched alkanes of at least 4 members (excludes halogenated alkanes) is 1. The van der Waals surface area contributed by atoms with Crippen molar-refractivity contribution in [1.29, 1.82) is 0 Å². The van der Waals surface area contributed by atoms with Crippen LogP contribution in [-0.2, 0) is 0 Å². The predicted molar refractivity (Wildman–Crippen MR) is 580 cm³/mol. The standard InChI is InChI=1S/4C11H13NOS.C10H11NO2.2C10H11NOS.C9H9NO2.C9H9NOS.C8H7NO2.C8H7NOS/c1-11(2,3)14-10-12-8-6-4-5-7-9(8)13-10;1-8(2)7-14-11-12-9-5-3-4-6-10(9)13-11;1-3-8(2)14-11-12-9-6-4-5-7-10(9)13-11;1-2-3-8-14-11-12-9-6-4-5-7-10(9)13-11;1-2-7-12-10-11-8-5-3-4-6-9(8)13-10;1-7(2)13-10-11-8-5-3-4-6-9(8)12-10;1-2-7-13-10-11-8-5-3-4-6-9(8)12-10;1-2-11-9-10-7-5-3-4-6-8(7)12-9;1-2-12-9-10-7-5-3-4-6-8(7)11-9;1-10-8-9-6-4-2-3-5-7(6)11-8;1-11-8-9-6-4-2-3-5-7(6)10-8/h4-7H,1-3H3;3-6,8H,7H2,1-2H3;4-8H,3H2,1-2H3;4-7H,2-3,8H2,1H3;3-6H,2,7H2,1H3;3-7H,1-2H3;3-6H,2,7H2,1H3;2*3-6H,2H2,1H3;2*2-5H,1H3. The van der Waals surface area contributed by atoms with Gasteiger partial charge in [0.15, 0.2) is 61.4 Å². The third-order valence-electron chi connectivity index (χ3n) is 18.6. The summed E-state index contributed by atoms with van der Waals surface area (Å²) >= 11 is 13.2. The second-order valence-corrected chi connectivity index (χ2v) is 41.8. The topological polar surface area (TPSA) is 314 Å². The van der Waals surface area contributed by atoms with Crippen molar-refractivity contribution in [2.24, 2.45) is 5.92 Å². The second-order valence-electron chi connectivity index (χ2n) is 32.0. The number of hydrogen-bond acceptors (Lipinski definition) is 33. The molecule has 1 unspecified atom stereocenters. The number of ether oxygens (including phenoxy) is 3. The maximum atomic E-state index is 5.60. The highest BCUT2D eigenvalue weighted by Gasteiger charge is 2.19. The Morgan fingerprint density at radius 3 is 0.879 bits per heavy atom. The Morgan fingerprint density at radius 1 is 0.291 bits per heavy atom. The molecule has 0 N–H and O–H groups in total. The molecule has 22 rings (SSSR count). The van der Waals surface area contributed by atoms with Crippen molar-refractivity contribution in [1.82, 2.24) is 54.8 Å². The molecule has 22 aromatic rings. The minimum atomic E-state index is 0.140. The fourth-order valence-electron chi connectivity index (χ4n) is 11.9. The molecular formula is C108H117N11O14S8. The van der Waals surface area contributed by atoms with Crippen molar-refractivity contribution >= 4 is 216 Å². The quantitative estimate of drug-likeness (QED) is 0.0379. The Kier molecular flexibility index (Phi) is 43.5. The largest absolute Gasteiger partial charge is 0.453 e.